The molecular formula is C14H15F4N3O3. The number of piperidine rings is 1. The normalized spacial score (nSPS) is 18.3. The Kier molecular flexibility index (Phi) is 5.25. The standard InChI is InChI=1S/C14H15F4N3O3/c15-10-3-4-11(12(6-10)21(23)24)20-5-1-2-9(7-20)13(22)19-8-14(16,17)18/h3-4,6,9H,1-2,5,7-8H2,(H,19,22). The summed E-state index contributed by atoms with van der Waals surface area (Å²) in [5.74, 6) is -2.23. The van der Waals surface area contributed by atoms with E-state index in [1.54, 1.807) is 0 Å². The fourth-order valence-corrected chi connectivity index (χ4v) is 2.65. The Morgan fingerprint density at radius 2 is 2.12 bits per heavy atom. The minimum absolute atomic E-state index is 0.0379. The van der Waals surface area contributed by atoms with Crippen LogP contribution in [0.1, 0.15) is 12.8 Å². The van der Waals surface area contributed by atoms with Crippen LogP contribution in [0.25, 0.3) is 0 Å². The zero-order valence-electron chi connectivity index (χ0n) is 12.5. The Morgan fingerprint density at radius 1 is 1.42 bits per heavy atom. The number of anilines is 1. The lowest BCUT2D eigenvalue weighted by atomic mass is 9.96. The quantitative estimate of drug-likeness (QED) is 0.515. The summed E-state index contributed by atoms with van der Waals surface area (Å²) >= 11 is 0. The van der Waals surface area contributed by atoms with E-state index in [1.165, 1.54) is 11.0 Å². The molecule has 0 saturated carbocycles. The van der Waals surface area contributed by atoms with Gasteiger partial charge in [-0.3, -0.25) is 14.9 Å². The van der Waals surface area contributed by atoms with Crippen LogP contribution in [0.5, 0.6) is 0 Å². The number of nitrogens with zero attached hydrogens (tertiary/aromatic N) is 2. The van der Waals surface area contributed by atoms with Gasteiger partial charge < -0.3 is 10.2 Å². The largest absolute Gasteiger partial charge is 0.405 e. The van der Waals surface area contributed by atoms with Gasteiger partial charge in [0, 0.05) is 13.1 Å². The number of rotatable bonds is 4. The molecule has 1 aliphatic rings. The molecule has 1 aromatic rings. The first-order valence-electron chi connectivity index (χ1n) is 7.21. The lowest BCUT2D eigenvalue weighted by Gasteiger charge is -2.33. The molecule has 0 aromatic heterocycles. The van der Waals surface area contributed by atoms with Crippen LogP contribution < -0.4 is 10.2 Å². The molecule has 0 radical (unpaired) electrons. The summed E-state index contributed by atoms with van der Waals surface area (Å²) in [5, 5.41) is 12.9. The lowest BCUT2D eigenvalue weighted by molar-refractivity contribution is -0.384. The first-order chi connectivity index (χ1) is 11.2. The maximum atomic E-state index is 13.2. The van der Waals surface area contributed by atoms with E-state index in [1.807, 2.05) is 5.32 Å². The van der Waals surface area contributed by atoms with Gasteiger partial charge in [0.1, 0.15) is 18.0 Å². The number of benzene rings is 1. The van der Waals surface area contributed by atoms with Crippen molar-refractivity contribution in [3.05, 3.63) is 34.1 Å². The summed E-state index contributed by atoms with van der Waals surface area (Å²) in [5.41, 5.74) is -0.291. The highest BCUT2D eigenvalue weighted by Gasteiger charge is 2.32. The van der Waals surface area contributed by atoms with Crippen molar-refractivity contribution in [3.63, 3.8) is 0 Å². The van der Waals surface area contributed by atoms with Gasteiger partial charge in [0.15, 0.2) is 0 Å². The van der Waals surface area contributed by atoms with Crippen molar-refractivity contribution in [3.8, 4) is 0 Å². The molecule has 1 N–H and O–H groups in total. The maximum absolute atomic E-state index is 13.2. The van der Waals surface area contributed by atoms with Gasteiger partial charge in [0.2, 0.25) is 5.91 Å². The van der Waals surface area contributed by atoms with Crippen LogP contribution in [-0.2, 0) is 4.79 Å². The summed E-state index contributed by atoms with van der Waals surface area (Å²) in [4.78, 5) is 23.7. The number of amides is 1. The van der Waals surface area contributed by atoms with Gasteiger partial charge >= 0.3 is 6.18 Å². The van der Waals surface area contributed by atoms with E-state index in [0.29, 0.717) is 19.4 Å². The monoisotopic (exact) mass is 349 g/mol. The van der Waals surface area contributed by atoms with E-state index in [0.717, 1.165) is 12.1 Å². The van der Waals surface area contributed by atoms with Gasteiger partial charge in [-0.15, -0.1) is 0 Å². The molecule has 10 heteroatoms. The zero-order valence-corrected chi connectivity index (χ0v) is 12.5. The predicted molar refractivity (Wildman–Crippen MR) is 77.1 cm³/mol. The SMILES string of the molecule is O=C(NCC(F)(F)F)C1CCCN(c2ccc(F)cc2[N+](=O)[O-])C1. The van der Waals surface area contributed by atoms with Crippen molar-refractivity contribution in [1.29, 1.82) is 0 Å². The Morgan fingerprint density at radius 3 is 2.75 bits per heavy atom. The molecule has 0 spiro atoms. The summed E-state index contributed by atoms with van der Waals surface area (Å²) in [6.45, 7) is -0.981. The van der Waals surface area contributed by atoms with Crippen molar-refractivity contribution in [2.24, 2.45) is 5.92 Å². The van der Waals surface area contributed by atoms with E-state index in [2.05, 4.69) is 0 Å². The minimum Gasteiger partial charge on any atom is -0.365 e. The molecule has 1 amide bonds. The van der Waals surface area contributed by atoms with Crippen LogP contribution in [0.2, 0.25) is 0 Å². The van der Waals surface area contributed by atoms with Gasteiger partial charge in [-0.05, 0) is 25.0 Å². The molecule has 132 valence electrons. The molecule has 1 atom stereocenters. The molecule has 1 aliphatic heterocycles. The number of alkyl halides is 3. The Balaban J connectivity index is 2.11. The third-order valence-electron chi connectivity index (χ3n) is 3.73. The minimum atomic E-state index is -4.50. The summed E-state index contributed by atoms with van der Waals surface area (Å²) in [7, 11) is 0. The molecule has 1 fully saturated rings. The number of carbonyl (C=O) groups excluding carboxylic acids is 1. The van der Waals surface area contributed by atoms with Crippen molar-refractivity contribution in [2.75, 3.05) is 24.5 Å². The highest BCUT2D eigenvalue weighted by atomic mass is 19.4. The van der Waals surface area contributed by atoms with Crippen molar-refractivity contribution < 1.29 is 27.3 Å². The number of nitro groups is 1. The van der Waals surface area contributed by atoms with Gasteiger partial charge in [-0.1, -0.05) is 0 Å². The maximum Gasteiger partial charge on any atom is 0.405 e. The van der Waals surface area contributed by atoms with Crippen molar-refractivity contribution in [2.45, 2.75) is 19.0 Å². The van der Waals surface area contributed by atoms with Gasteiger partial charge in [0.05, 0.1) is 16.9 Å². The van der Waals surface area contributed by atoms with E-state index in [9.17, 15) is 32.5 Å². The summed E-state index contributed by atoms with van der Waals surface area (Å²) in [6.07, 6.45) is -3.63. The topological polar surface area (TPSA) is 75.5 Å². The molecule has 6 nitrogen and oxygen atoms in total. The molecule has 2 rings (SSSR count). The highest BCUT2D eigenvalue weighted by Crippen LogP contribution is 2.32. The number of halogens is 4. The lowest BCUT2D eigenvalue weighted by Crippen LogP contribution is -2.45. The highest BCUT2D eigenvalue weighted by molar-refractivity contribution is 5.80. The van der Waals surface area contributed by atoms with Crippen LogP contribution in [-0.4, -0.2) is 36.6 Å². The zero-order chi connectivity index (χ0) is 17.9. The second-order valence-corrected chi connectivity index (χ2v) is 5.51. The average molecular weight is 349 g/mol. The first-order valence-corrected chi connectivity index (χ1v) is 7.21. The van der Waals surface area contributed by atoms with E-state index >= 15 is 0 Å². The average Bonchev–Trinajstić information content (AvgIpc) is 2.52. The van der Waals surface area contributed by atoms with Crippen molar-refractivity contribution >= 4 is 17.3 Å². The molecule has 1 saturated heterocycles. The first kappa shape index (κ1) is 18.0. The molecule has 1 aromatic carbocycles. The van der Waals surface area contributed by atoms with Gasteiger partial charge in [-0.2, -0.15) is 13.2 Å². The molecule has 1 unspecified atom stereocenters. The molecular weight excluding hydrogens is 334 g/mol. The van der Waals surface area contributed by atoms with E-state index in [-0.39, 0.29) is 12.2 Å². The number of carbonyl (C=O) groups is 1. The van der Waals surface area contributed by atoms with E-state index in [4.69, 9.17) is 0 Å². The van der Waals surface area contributed by atoms with Crippen molar-refractivity contribution in [1.82, 2.24) is 5.32 Å². The van der Waals surface area contributed by atoms with Crippen LogP contribution in [0, 0.1) is 21.8 Å². The number of nitro benzene ring substituents is 1. The summed E-state index contributed by atoms with van der Waals surface area (Å²) in [6, 6.07) is 3.09. The summed E-state index contributed by atoms with van der Waals surface area (Å²) < 4.78 is 49.7. The molecule has 0 aliphatic carbocycles. The predicted octanol–water partition coefficient (Wildman–Crippen LogP) is 2.63. The third-order valence-corrected chi connectivity index (χ3v) is 3.73. The smallest absolute Gasteiger partial charge is 0.365 e. The Labute approximate surface area is 134 Å². The fourth-order valence-electron chi connectivity index (χ4n) is 2.65. The second-order valence-electron chi connectivity index (χ2n) is 5.51. The number of hydrogen-bond donors (Lipinski definition) is 1. The van der Waals surface area contributed by atoms with Crippen LogP contribution in [0.15, 0.2) is 18.2 Å². The number of nitrogens with one attached hydrogen (secondary N) is 1. The van der Waals surface area contributed by atoms with E-state index < -0.39 is 41.0 Å². The van der Waals surface area contributed by atoms with Crippen LogP contribution in [0.4, 0.5) is 28.9 Å². The Bertz CT molecular complexity index is 636. The molecule has 0 bridgehead atoms. The number of hydrogen-bond acceptors (Lipinski definition) is 4. The van der Waals surface area contributed by atoms with Crippen LogP contribution in [0.3, 0.4) is 0 Å². The molecule has 24 heavy (non-hydrogen) atoms. The molecule has 1 heterocycles. The van der Waals surface area contributed by atoms with Gasteiger partial charge in [0.25, 0.3) is 5.69 Å². The fraction of sp³-hybridized carbons (Fsp3) is 0.500. The third kappa shape index (κ3) is 4.56. The van der Waals surface area contributed by atoms with Crippen LogP contribution >= 0.6 is 0 Å². The van der Waals surface area contributed by atoms with Gasteiger partial charge in [-0.25, -0.2) is 4.39 Å². The Hall–Kier alpha value is -2.39. The second kappa shape index (κ2) is 7.02.